The molecule has 11 heavy (non-hydrogen) atoms. The predicted molar refractivity (Wildman–Crippen MR) is 56.2 cm³/mol. The van der Waals surface area contributed by atoms with Crippen molar-refractivity contribution in [1.82, 2.24) is 9.97 Å². The lowest BCUT2D eigenvalue weighted by atomic mass is 10.2. The maximum atomic E-state index is 4.10. The van der Waals surface area contributed by atoms with Gasteiger partial charge in [0.05, 0.1) is 17.4 Å². The van der Waals surface area contributed by atoms with E-state index in [1.165, 1.54) is 5.56 Å². The number of aromatic amines is 1. The average molecular weight is 260 g/mol. The van der Waals surface area contributed by atoms with Crippen LogP contribution in [0, 0.1) is 6.92 Å². The number of nitrogens with zero attached hydrogens (tertiary/aromatic N) is 1. The fourth-order valence-corrected chi connectivity index (χ4v) is 1.05. The number of nitrogens with one attached hydrogen (secondary N) is 1. The summed E-state index contributed by atoms with van der Waals surface area (Å²) in [6.45, 7) is 2.07. The molecule has 0 unspecified atom stereocenters. The van der Waals surface area contributed by atoms with Crippen LogP contribution in [0.2, 0.25) is 0 Å². The van der Waals surface area contributed by atoms with Gasteiger partial charge in [-0.25, -0.2) is 4.98 Å². The molecule has 3 heteroatoms. The van der Waals surface area contributed by atoms with E-state index in [4.69, 9.17) is 0 Å². The smallest absolute Gasteiger partial charge is 0.0931 e. The molecule has 2 aromatic rings. The predicted octanol–water partition coefficient (Wildman–Crippen LogP) is 2.49. The van der Waals surface area contributed by atoms with Gasteiger partial charge in [0.25, 0.3) is 0 Å². The third-order valence-corrected chi connectivity index (χ3v) is 1.58. The Morgan fingerprint density at radius 1 is 1.36 bits per heavy atom. The Bertz CT molecular complexity index is 354. The summed E-state index contributed by atoms with van der Waals surface area (Å²) < 4.78 is 0. The zero-order valence-electron chi connectivity index (χ0n) is 6.16. The number of hydrogen-bond donors (Lipinski definition) is 1. The van der Waals surface area contributed by atoms with E-state index < -0.39 is 0 Å². The lowest BCUT2D eigenvalue weighted by molar-refractivity contribution is 1.34. The number of hydrogen-bond acceptors (Lipinski definition) is 1. The molecule has 1 heterocycles. The third kappa shape index (κ3) is 1.53. The summed E-state index contributed by atoms with van der Waals surface area (Å²) in [4.78, 5) is 7.15. The van der Waals surface area contributed by atoms with Gasteiger partial charge in [-0.3, -0.25) is 0 Å². The molecule has 1 aromatic heterocycles. The van der Waals surface area contributed by atoms with Gasteiger partial charge in [-0.2, -0.15) is 0 Å². The molecule has 0 bridgehead atoms. The molecule has 0 saturated heterocycles. The highest BCUT2D eigenvalue weighted by Crippen LogP contribution is 2.09. The first-order valence-corrected chi connectivity index (χ1v) is 3.26. The first-order valence-electron chi connectivity index (χ1n) is 3.26. The second-order valence-electron chi connectivity index (χ2n) is 2.42. The SMILES string of the molecule is Cc1ccc2nc[nH]c2c1.I. The zero-order chi connectivity index (χ0) is 6.97. The fourth-order valence-electron chi connectivity index (χ4n) is 1.05. The molecule has 0 aliphatic heterocycles. The van der Waals surface area contributed by atoms with Crippen LogP contribution in [0.4, 0.5) is 0 Å². The molecule has 0 atom stereocenters. The van der Waals surface area contributed by atoms with Crippen LogP contribution < -0.4 is 0 Å². The third-order valence-electron chi connectivity index (χ3n) is 1.58. The summed E-state index contributed by atoms with van der Waals surface area (Å²) >= 11 is 0. The highest BCUT2D eigenvalue weighted by Gasteiger charge is 1.92. The van der Waals surface area contributed by atoms with Crippen molar-refractivity contribution in [1.29, 1.82) is 0 Å². The van der Waals surface area contributed by atoms with E-state index in [0.29, 0.717) is 0 Å². The lowest BCUT2D eigenvalue weighted by Crippen LogP contribution is -1.71. The second-order valence-corrected chi connectivity index (χ2v) is 2.42. The van der Waals surface area contributed by atoms with Gasteiger partial charge in [0.15, 0.2) is 0 Å². The largest absolute Gasteiger partial charge is 0.345 e. The maximum absolute atomic E-state index is 4.10. The minimum atomic E-state index is 0. The number of fused-ring (bicyclic) bond motifs is 1. The first-order chi connectivity index (χ1) is 4.86. The van der Waals surface area contributed by atoms with Crippen molar-refractivity contribution in [3.05, 3.63) is 30.1 Å². The van der Waals surface area contributed by atoms with E-state index in [1.54, 1.807) is 6.33 Å². The van der Waals surface area contributed by atoms with E-state index >= 15 is 0 Å². The molecule has 1 aromatic carbocycles. The number of halogens is 1. The monoisotopic (exact) mass is 260 g/mol. The van der Waals surface area contributed by atoms with Crippen molar-refractivity contribution >= 4 is 35.0 Å². The van der Waals surface area contributed by atoms with Crippen LogP contribution in [-0.2, 0) is 0 Å². The average Bonchev–Trinajstić information content (AvgIpc) is 2.33. The molecule has 0 saturated carbocycles. The molecule has 0 fully saturated rings. The Labute approximate surface area is 82.1 Å². The Balaban J connectivity index is 0.000000605. The van der Waals surface area contributed by atoms with Crippen molar-refractivity contribution in [2.75, 3.05) is 0 Å². The summed E-state index contributed by atoms with van der Waals surface area (Å²) in [5, 5.41) is 0. The zero-order valence-corrected chi connectivity index (χ0v) is 8.50. The summed E-state index contributed by atoms with van der Waals surface area (Å²) in [6.07, 6.45) is 1.71. The van der Waals surface area contributed by atoms with Gasteiger partial charge >= 0.3 is 0 Å². The van der Waals surface area contributed by atoms with Crippen LogP contribution >= 0.6 is 24.0 Å². The molecule has 2 nitrogen and oxygen atoms in total. The second kappa shape index (κ2) is 3.21. The fraction of sp³-hybridized carbons (Fsp3) is 0.125. The van der Waals surface area contributed by atoms with E-state index in [-0.39, 0.29) is 24.0 Å². The standard InChI is InChI=1S/C8H8N2.HI/c1-6-2-3-7-8(4-6)10-5-9-7;/h2-5H,1H3,(H,9,10);1H. The quantitative estimate of drug-likeness (QED) is 0.724. The van der Waals surface area contributed by atoms with Gasteiger partial charge in [0.1, 0.15) is 0 Å². The van der Waals surface area contributed by atoms with Crippen LogP contribution in [0.5, 0.6) is 0 Å². The van der Waals surface area contributed by atoms with Crippen LogP contribution in [0.15, 0.2) is 24.5 Å². The number of benzene rings is 1. The number of rotatable bonds is 0. The van der Waals surface area contributed by atoms with Gasteiger partial charge in [-0.15, -0.1) is 24.0 Å². The molecule has 0 aliphatic rings. The minimum Gasteiger partial charge on any atom is -0.345 e. The van der Waals surface area contributed by atoms with E-state index in [1.807, 2.05) is 6.07 Å². The molecule has 0 radical (unpaired) electrons. The molecule has 0 amide bonds. The van der Waals surface area contributed by atoms with Crippen molar-refractivity contribution < 1.29 is 0 Å². The highest BCUT2D eigenvalue weighted by molar-refractivity contribution is 14.0. The van der Waals surface area contributed by atoms with E-state index in [2.05, 4.69) is 29.0 Å². The minimum absolute atomic E-state index is 0. The van der Waals surface area contributed by atoms with Gasteiger partial charge < -0.3 is 4.98 Å². The van der Waals surface area contributed by atoms with Crippen LogP contribution in [-0.4, -0.2) is 9.97 Å². The first kappa shape index (κ1) is 8.52. The molecule has 2 rings (SSSR count). The van der Waals surface area contributed by atoms with Crippen molar-refractivity contribution in [3.8, 4) is 0 Å². The van der Waals surface area contributed by atoms with E-state index in [9.17, 15) is 0 Å². The van der Waals surface area contributed by atoms with Crippen LogP contribution in [0.25, 0.3) is 11.0 Å². The molecule has 0 aliphatic carbocycles. The Morgan fingerprint density at radius 2 is 2.18 bits per heavy atom. The summed E-state index contributed by atoms with van der Waals surface area (Å²) in [5.74, 6) is 0. The summed E-state index contributed by atoms with van der Waals surface area (Å²) in [6, 6.07) is 6.16. The Morgan fingerprint density at radius 3 is 3.00 bits per heavy atom. The van der Waals surface area contributed by atoms with Crippen molar-refractivity contribution in [2.24, 2.45) is 0 Å². The molecule has 58 valence electrons. The number of aryl methyl sites for hydroxylation is 1. The van der Waals surface area contributed by atoms with Gasteiger partial charge in [0, 0.05) is 0 Å². The lowest BCUT2D eigenvalue weighted by Gasteiger charge is -1.89. The molecular weight excluding hydrogens is 251 g/mol. The van der Waals surface area contributed by atoms with Crippen LogP contribution in [0.3, 0.4) is 0 Å². The summed E-state index contributed by atoms with van der Waals surface area (Å²) in [7, 11) is 0. The van der Waals surface area contributed by atoms with Gasteiger partial charge in [-0.1, -0.05) is 6.07 Å². The van der Waals surface area contributed by atoms with E-state index in [0.717, 1.165) is 11.0 Å². The number of aromatic nitrogens is 2. The number of H-pyrrole nitrogens is 1. The highest BCUT2D eigenvalue weighted by atomic mass is 127. The van der Waals surface area contributed by atoms with Crippen molar-refractivity contribution in [3.63, 3.8) is 0 Å². The van der Waals surface area contributed by atoms with Crippen LogP contribution in [0.1, 0.15) is 5.56 Å². The van der Waals surface area contributed by atoms with Gasteiger partial charge in [0.2, 0.25) is 0 Å². The normalized spacial score (nSPS) is 9.55. The van der Waals surface area contributed by atoms with Crippen molar-refractivity contribution in [2.45, 2.75) is 6.92 Å². The topological polar surface area (TPSA) is 28.7 Å². The molecule has 0 spiro atoms. The molecular formula is C8H9IN2. The number of imidazole rings is 1. The maximum Gasteiger partial charge on any atom is 0.0931 e. The molecule has 1 N–H and O–H groups in total. The Kier molecular flexibility index (Phi) is 2.49. The Hall–Kier alpha value is -0.580. The van der Waals surface area contributed by atoms with Gasteiger partial charge in [-0.05, 0) is 24.6 Å². The summed E-state index contributed by atoms with van der Waals surface area (Å²) in [5.41, 5.74) is 3.40.